The summed E-state index contributed by atoms with van der Waals surface area (Å²) in [6, 6.07) is 0. The molecule has 0 aromatic carbocycles. The number of aliphatic hydroxyl groups excluding tert-OH is 3. The van der Waals surface area contributed by atoms with Crippen LogP contribution in [0.25, 0.3) is 0 Å². The molecule has 15 heteroatoms. The van der Waals surface area contributed by atoms with Crippen LogP contribution in [0.5, 0.6) is 0 Å². The molecule has 0 bridgehead atoms. The molecule has 2 heterocycles. The predicted molar refractivity (Wildman–Crippen MR) is 167 cm³/mol. The lowest BCUT2D eigenvalue weighted by molar-refractivity contribution is -0.343. The second-order valence-electron chi connectivity index (χ2n) is 15.6. The minimum atomic E-state index is -1.80. The van der Waals surface area contributed by atoms with Gasteiger partial charge in [-0.15, -0.1) is 0 Å². The van der Waals surface area contributed by atoms with Gasteiger partial charge in [0.2, 0.25) is 0 Å². The maximum absolute atomic E-state index is 12.9. The summed E-state index contributed by atoms with van der Waals surface area (Å²) in [4.78, 5) is 50.2. The van der Waals surface area contributed by atoms with Gasteiger partial charge in [0.05, 0.1) is 28.8 Å². The van der Waals surface area contributed by atoms with Gasteiger partial charge in [0.25, 0.3) is 0 Å². The Balaban J connectivity index is 1.44. The molecule has 4 aliphatic carbocycles. The molecule has 5 fully saturated rings. The van der Waals surface area contributed by atoms with Crippen molar-refractivity contribution in [3.8, 4) is 0 Å². The van der Waals surface area contributed by atoms with E-state index in [4.69, 9.17) is 28.4 Å². The maximum atomic E-state index is 12.9. The summed E-state index contributed by atoms with van der Waals surface area (Å²) in [6.07, 6.45) is -7.39. The maximum Gasteiger partial charge on any atom is 0.331 e. The fourth-order valence-corrected chi connectivity index (χ4v) is 10.9. The number of hydrogen-bond donors (Lipinski definition) is 5. The summed E-state index contributed by atoms with van der Waals surface area (Å²) in [5, 5.41) is 57.2. The molecule has 50 heavy (non-hydrogen) atoms. The van der Waals surface area contributed by atoms with Gasteiger partial charge in [-0.05, 0) is 56.4 Å². The van der Waals surface area contributed by atoms with Crippen molar-refractivity contribution in [1.29, 1.82) is 0 Å². The lowest BCUT2D eigenvalue weighted by Gasteiger charge is -2.68. The molecule has 0 aromatic rings. The molecule has 0 spiro atoms. The minimum absolute atomic E-state index is 0.0407. The van der Waals surface area contributed by atoms with Gasteiger partial charge in [0.15, 0.2) is 6.29 Å². The van der Waals surface area contributed by atoms with Crippen molar-refractivity contribution in [1.82, 2.24) is 0 Å². The smallest absolute Gasteiger partial charge is 0.331 e. The van der Waals surface area contributed by atoms with Gasteiger partial charge < -0.3 is 54.0 Å². The first-order chi connectivity index (χ1) is 23.4. The molecule has 0 radical (unpaired) electrons. The topological polar surface area (TPSA) is 225 Å². The molecule has 280 valence electrons. The van der Waals surface area contributed by atoms with Crippen LogP contribution >= 0.6 is 0 Å². The third-order valence-corrected chi connectivity index (χ3v) is 13.0. The number of esters is 4. The normalized spacial score (nSPS) is 48.3. The lowest BCUT2D eigenvalue weighted by Crippen LogP contribution is -2.76. The van der Waals surface area contributed by atoms with Crippen LogP contribution in [0, 0.1) is 28.6 Å². The van der Waals surface area contributed by atoms with Crippen LogP contribution in [-0.4, -0.2) is 123 Å². The number of hydrogen-bond acceptors (Lipinski definition) is 15. The molecule has 2 aliphatic heterocycles. The van der Waals surface area contributed by atoms with Crippen LogP contribution < -0.4 is 0 Å². The highest BCUT2D eigenvalue weighted by atomic mass is 16.7. The number of ether oxygens (including phenoxy) is 6. The second kappa shape index (κ2) is 13.1. The second-order valence-corrected chi connectivity index (χ2v) is 15.6. The van der Waals surface area contributed by atoms with E-state index >= 15 is 0 Å². The molecule has 5 unspecified atom stereocenters. The van der Waals surface area contributed by atoms with Crippen LogP contribution in [0.3, 0.4) is 0 Å². The van der Waals surface area contributed by atoms with E-state index in [9.17, 15) is 44.7 Å². The van der Waals surface area contributed by atoms with E-state index in [0.717, 1.165) is 5.57 Å². The monoisotopic (exact) mass is 710 g/mol. The first-order valence-corrected chi connectivity index (χ1v) is 17.5. The Morgan fingerprint density at radius 2 is 1.64 bits per heavy atom. The van der Waals surface area contributed by atoms with E-state index in [1.807, 2.05) is 6.92 Å². The average Bonchev–Trinajstić information content (AvgIpc) is 3.56. The molecule has 4 saturated carbocycles. The van der Waals surface area contributed by atoms with Crippen molar-refractivity contribution in [3.63, 3.8) is 0 Å². The Labute approximate surface area is 290 Å². The van der Waals surface area contributed by atoms with Crippen LogP contribution in [0.2, 0.25) is 0 Å². The van der Waals surface area contributed by atoms with E-state index in [2.05, 4.69) is 0 Å². The van der Waals surface area contributed by atoms with Crippen LogP contribution in [0.1, 0.15) is 79.6 Å². The third-order valence-electron chi connectivity index (χ3n) is 13.0. The minimum Gasteiger partial charge on any atom is -0.465 e. The summed E-state index contributed by atoms with van der Waals surface area (Å²) >= 11 is 0. The zero-order valence-corrected chi connectivity index (χ0v) is 29.1. The highest BCUT2D eigenvalue weighted by Crippen LogP contribution is 2.71. The Bertz CT molecular complexity index is 1420. The van der Waals surface area contributed by atoms with Crippen molar-refractivity contribution in [2.45, 2.75) is 140 Å². The first kappa shape index (κ1) is 37.1. The average molecular weight is 711 g/mol. The zero-order valence-electron chi connectivity index (χ0n) is 29.1. The van der Waals surface area contributed by atoms with Crippen LogP contribution in [-0.2, 0) is 47.6 Å². The fraction of sp³-hybridized carbons (Fsp3) is 0.829. The lowest BCUT2D eigenvalue weighted by atomic mass is 9.40. The summed E-state index contributed by atoms with van der Waals surface area (Å²) < 4.78 is 34.9. The van der Waals surface area contributed by atoms with E-state index in [0.29, 0.717) is 12.8 Å². The van der Waals surface area contributed by atoms with E-state index in [1.54, 1.807) is 0 Å². The number of fused-ring (bicyclic) bond motifs is 5. The highest BCUT2D eigenvalue weighted by Gasteiger charge is 2.77. The third kappa shape index (κ3) is 5.77. The Morgan fingerprint density at radius 3 is 2.26 bits per heavy atom. The van der Waals surface area contributed by atoms with Crippen molar-refractivity contribution in [3.05, 3.63) is 11.6 Å². The number of carbonyl (C=O) groups is 4. The summed E-state index contributed by atoms with van der Waals surface area (Å²) in [6.45, 7) is 6.78. The van der Waals surface area contributed by atoms with Crippen molar-refractivity contribution >= 4 is 23.9 Å². The number of rotatable bonds is 7. The van der Waals surface area contributed by atoms with E-state index in [-0.39, 0.29) is 44.6 Å². The molecule has 15 nitrogen and oxygen atoms in total. The van der Waals surface area contributed by atoms with Gasteiger partial charge in [-0.25, -0.2) is 4.79 Å². The van der Waals surface area contributed by atoms with Crippen molar-refractivity contribution in [2.24, 2.45) is 28.6 Å². The molecular weight excluding hydrogens is 660 g/mol. The predicted octanol–water partition coefficient (Wildman–Crippen LogP) is 0.197. The Hall–Kier alpha value is -2.66. The molecule has 1 saturated heterocycles. The molecule has 0 aromatic heterocycles. The van der Waals surface area contributed by atoms with Crippen LogP contribution in [0.15, 0.2) is 11.6 Å². The number of carbonyl (C=O) groups excluding carboxylic acids is 4. The SMILES string of the molecule is CC(=O)OC[C@]12C(OC(C)=O)CC(O[C@@H]3O[C@@H](C)[C@H](O)[C@@H](O)[C@H]3O)CC1(O)CC[C@@H]1[C@@H]2C(OC(C)=O)C[C@]2(C)[C@@H](C3=CC(=O)OC3)CCC12O. The van der Waals surface area contributed by atoms with Gasteiger partial charge in [0.1, 0.15) is 43.7 Å². The largest absolute Gasteiger partial charge is 0.465 e. The summed E-state index contributed by atoms with van der Waals surface area (Å²) in [7, 11) is 0. The molecule has 5 N–H and O–H groups in total. The highest BCUT2D eigenvalue weighted by molar-refractivity contribution is 5.85. The zero-order chi connectivity index (χ0) is 36.6. The van der Waals surface area contributed by atoms with Gasteiger partial charge >= 0.3 is 23.9 Å². The molecule has 0 amide bonds. The number of aliphatic hydroxyl groups is 5. The van der Waals surface area contributed by atoms with Gasteiger partial charge in [-0.1, -0.05) is 6.92 Å². The Morgan fingerprint density at radius 1 is 0.940 bits per heavy atom. The van der Waals surface area contributed by atoms with Crippen LogP contribution in [0.4, 0.5) is 0 Å². The molecule has 15 atom stereocenters. The molecular formula is C35H50O15. The standard InChI is InChI=1S/C35H50O15/c1-16-28(40)29(41)30(42)31(47-16)50-21-11-25(49-19(4)38)34(15-46-17(2)36)27-23(6-8-33(34,43)12-21)35(44)9-7-22(20-10-26(39)45-14-20)32(35,5)13-24(27)48-18(3)37/h10,16,21-25,27-31,40-44H,6-9,11-15H2,1-5H3/t16-,21?,22+,23+,24?,25?,27+,28-,29+,30+,31-,32+,33?,34+,35?/m0/s1. The van der Waals surface area contributed by atoms with Gasteiger partial charge in [-0.3, -0.25) is 14.4 Å². The Kier molecular flexibility index (Phi) is 9.71. The van der Waals surface area contributed by atoms with E-state index in [1.165, 1.54) is 33.8 Å². The fourth-order valence-electron chi connectivity index (χ4n) is 10.9. The molecule has 6 aliphatic rings. The van der Waals surface area contributed by atoms with E-state index < -0.39 is 113 Å². The summed E-state index contributed by atoms with van der Waals surface area (Å²) in [5.41, 5.74) is -4.93. The van der Waals surface area contributed by atoms with Gasteiger partial charge in [-0.2, -0.15) is 0 Å². The number of cyclic esters (lactones) is 1. The molecule has 6 rings (SSSR count). The summed E-state index contributed by atoms with van der Waals surface area (Å²) in [5.74, 6) is -4.21. The quantitative estimate of drug-likeness (QED) is 0.135. The van der Waals surface area contributed by atoms with Crippen molar-refractivity contribution < 1.29 is 73.1 Å². The van der Waals surface area contributed by atoms with Gasteiger partial charge in [0, 0.05) is 51.0 Å². The first-order valence-electron chi connectivity index (χ1n) is 17.5. The van der Waals surface area contributed by atoms with Crippen molar-refractivity contribution in [2.75, 3.05) is 13.2 Å².